The maximum absolute atomic E-state index is 12.3. The molecule has 1 unspecified atom stereocenters. The quantitative estimate of drug-likeness (QED) is 0.618. The van der Waals surface area contributed by atoms with E-state index in [9.17, 15) is 18.5 Å². The molecule has 0 radical (unpaired) electrons. The highest BCUT2D eigenvalue weighted by molar-refractivity contribution is 7.89. The van der Waals surface area contributed by atoms with E-state index < -0.39 is 14.9 Å². The second-order valence-electron chi connectivity index (χ2n) is 5.83. The molecule has 0 heterocycles. The summed E-state index contributed by atoms with van der Waals surface area (Å²) in [5, 5.41) is 13.8. The highest BCUT2D eigenvalue weighted by Crippen LogP contribution is 2.45. The van der Waals surface area contributed by atoms with Gasteiger partial charge in [-0.1, -0.05) is 13.8 Å². The van der Waals surface area contributed by atoms with Gasteiger partial charge in [-0.15, -0.1) is 0 Å². The maximum atomic E-state index is 12.3. The normalized spacial score (nSPS) is 20.0. The first-order chi connectivity index (χ1) is 9.67. The van der Waals surface area contributed by atoms with Crippen molar-refractivity contribution in [2.24, 2.45) is 5.41 Å². The van der Waals surface area contributed by atoms with Crippen molar-refractivity contribution in [1.29, 1.82) is 0 Å². The fourth-order valence-corrected chi connectivity index (χ4v) is 3.53. The third-order valence-corrected chi connectivity index (χ3v) is 5.12. The first kappa shape index (κ1) is 15.7. The van der Waals surface area contributed by atoms with Crippen LogP contribution in [0.5, 0.6) is 0 Å². The molecule has 1 fully saturated rings. The van der Waals surface area contributed by atoms with E-state index in [-0.39, 0.29) is 27.7 Å². The number of rotatable bonds is 6. The van der Waals surface area contributed by atoms with Gasteiger partial charge in [0.1, 0.15) is 5.69 Å². The Bertz CT molecular complexity index is 670. The zero-order valence-corrected chi connectivity index (χ0v) is 13.0. The van der Waals surface area contributed by atoms with Gasteiger partial charge in [0.05, 0.1) is 9.82 Å². The summed E-state index contributed by atoms with van der Waals surface area (Å²) >= 11 is 0. The lowest BCUT2D eigenvalue weighted by Crippen LogP contribution is -2.28. The van der Waals surface area contributed by atoms with Crippen LogP contribution in [0.3, 0.4) is 0 Å². The number of nitro groups is 1. The van der Waals surface area contributed by atoms with Gasteiger partial charge in [0, 0.05) is 18.7 Å². The van der Waals surface area contributed by atoms with E-state index in [1.54, 1.807) is 6.92 Å². The molecule has 0 amide bonds. The van der Waals surface area contributed by atoms with Gasteiger partial charge in [0.2, 0.25) is 10.0 Å². The van der Waals surface area contributed by atoms with Crippen LogP contribution < -0.4 is 10.0 Å². The number of nitro benzene ring substituents is 1. The van der Waals surface area contributed by atoms with Crippen molar-refractivity contribution in [3.05, 3.63) is 28.3 Å². The predicted molar refractivity (Wildman–Crippen MR) is 79.8 cm³/mol. The molecule has 1 aliphatic carbocycles. The van der Waals surface area contributed by atoms with Gasteiger partial charge in [-0.05, 0) is 30.9 Å². The third-order valence-electron chi connectivity index (χ3n) is 3.65. The summed E-state index contributed by atoms with van der Waals surface area (Å²) < 4.78 is 27.2. The molecule has 116 valence electrons. The van der Waals surface area contributed by atoms with Crippen LogP contribution in [0.2, 0.25) is 0 Å². The highest BCUT2D eigenvalue weighted by atomic mass is 32.2. The average molecular weight is 313 g/mol. The molecule has 0 saturated heterocycles. The Hall–Kier alpha value is -1.67. The van der Waals surface area contributed by atoms with Crippen LogP contribution in [0, 0.1) is 15.5 Å². The zero-order valence-electron chi connectivity index (χ0n) is 12.2. The topological polar surface area (TPSA) is 101 Å². The van der Waals surface area contributed by atoms with Gasteiger partial charge in [-0.25, -0.2) is 13.1 Å². The molecule has 8 heteroatoms. The molecule has 0 bridgehead atoms. The van der Waals surface area contributed by atoms with Crippen molar-refractivity contribution in [2.75, 3.05) is 11.9 Å². The van der Waals surface area contributed by atoms with E-state index in [0.717, 1.165) is 6.42 Å². The van der Waals surface area contributed by atoms with Crippen LogP contribution in [0.25, 0.3) is 0 Å². The van der Waals surface area contributed by atoms with E-state index in [2.05, 4.69) is 10.0 Å². The molecule has 1 aromatic carbocycles. The molecule has 2 rings (SSSR count). The number of nitrogens with zero attached hydrogens (tertiary/aromatic N) is 1. The van der Waals surface area contributed by atoms with Crippen LogP contribution in [0.4, 0.5) is 11.4 Å². The first-order valence-corrected chi connectivity index (χ1v) is 8.20. The molecule has 1 atom stereocenters. The molecular formula is C13H19N3O4S. The minimum atomic E-state index is -3.66. The molecule has 2 N–H and O–H groups in total. The van der Waals surface area contributed by atoms with Gasteiger partial charge < -0.3 is 5.32 Å². The number of anilines is 1. The van der Waals surface area contributed by atoms with Crippen molar-refractivity contribution in [2.45, 2.75) is 38.1 Å². The van der Waals surface area contributed by atoms with E-state index in [4.69, 9.17) is 0 Å². The molecule has 1 aromatic rings. The summed E-state index contributed by atoms with van der Waals surface area (Å²) in [5.41, 5.74) is 0.0428. The number of sulfonamides is 1. The molecule has 0 spiro atoms. The molecule has 1 saturated carbocycles. The second-order valence-corrected chi connectivity index (χ2v) is 7.55. The standard InChI is InChI=1S/C13H19N3O4S/c1-4-14-10-7-9(5-6-11(10)16(17)18)21(19,20)15-12-8-13(12,2)3/h5-7,12,14-15H,4,8H2,1-3H3. The largest absolute Gasteiger partial charge is 0.380 e. The molecule has 0 aromatic heterocycles. The summed E-state index contributed by atoms with van der Waals surface area (Å²) in [6.07, 6.45) is 0.791. The fourth-order valence-electron chi connectivity index (χ4n) is 2.10. The van der Waals surface area contributed by atoms with Crippen molar-refractivity contribution < 1.29 is 13.3 Å². The summed E-state index contributed by atoms with van der Waals surface area (Å²) in [6.45, 7) is 6.23. The molecule has 7 nitrogen and oxygen atoms in total. The van der Waals surface area contributed by atoms with Gasteiger partial charge in [0.25, 0.3) is 5.69 Å². The number of nitrogens with one attached hydrogen (secondary N) is 2. The second kappa shape index (κ2) is 5.27. The van der Waals surface area contributed by atoms with Gasteiger partial charge in [-0.3, -0.25) is 10.1 Å². The number of hydrogen-bond donors (Lipinski definition) is 2. The van der Waals surface area contributed by atoms with Crippen LogP contribution >= 0.6 is 0 Å². The third kappa shape index (κ3) is 3.33. The van der Waals surface area contributed by atoms with E-state index in [1.807, 2.05) is 13.8 Å². The molecule has 1 aliphatic rings. The smallest absolute Gasteiger partial charge is 0.292 e. The summed E-state index contributed by atoms with van der Waals surface area (Å²) in [7, 11) is -3.66. The van der Waals surface area contributed by atoms with Crippen molar-refractivity contribution in [3.63, 3.8) is 0 Å². The number of hydrogen-bond acceptors (Lipinski definition) is 5. The van der Waals surface area contributed by atoms with Gasteiger partial charge in [-0.2, -0.15) is 0 Å². The van der Waals surface area contributed by atoms with Crippen LogP contribution in [0.1, 0.15) is 27.2 Å². The van der Waals surface area contributed by atoms with E-state index in [0.29, 0.717) is 6.54 Å². The Morgan fingerprint density at radius 3 is 2.52 bits per heavy atom. The lowest BCUT2D eigenvalue weighted by atomic mass is 10.2. The van der Waals surface area contributed by atoms with Crippen molar-refractivity contribution in [3.8, 4) is 0 Å². The Kier molecular flexibility index (Phi) is 3.94. The zero-order chi connectivity index (χ0) is 15.8. The summed E-state index contributed by atoms with van der Waals surface area (Å²) in [4.78, 5) is 10.4. The minimum Gasteiger partial charge on any atom is -0.380 e. The SMILES string of the molecule is CCNc1cc(S(=O)(=O)NC2CC2(C)C)ccc1[N+](=O)[O-]. The minimum absolute atomic E-state index is 0.0294. The average Bonchev–Trinajstić information content (AvgIpc) is 2.95. The van der Waals surface area contributed by atoms with E-state index >= 15 is 0 Å². The van der Waals surface area contributed by atoms with Crippen molar-refractivity contribution in [1.82, 2.24) is 4.72 Å². The Balaban J connectivity index is 2.31. The van der Waals surface area contributed by atoms with Crippen LogP contribution in [0.15, 0.2) is 23.1 Å². The highest BCUT2D eigenvalue weighted by Gasteiger charge is 2.47. The Labute approximate surface area is 123 Å². The van der Waals surface area contributed by atoms with Gasteiger partial charge >= 0.3 is 0 Å². The molecule has 0 aliphatic heterocycles. The van der Waals surface area contributed by atoms with Crippen LogP contribution in [-0.4, -0.2) is 25.9 Å². The monoisotopic (exact) mass is 313 g/mol. The number of benzene rings is 1. The first-order valence-electron chi connectivity index (χ1n) is 6.72. The lowest BCUT2D eigenvalue weighted by molar-refractivity contribution is -0.384. The van der Waals surface area contributed by atoms with Crippen molar-refractivity contribution >= 4 is 21.4 Å². The maximum Gasteiger partial charge on any atom is 0.292 e. The van der Waals surface area contributed by atoms with Crippen LogP contribution in [-0.2, 0) is 10.0 Å². The fraction of sp³-hybridized carbons (Fsp3) is 0.538. The summed E-state index contributed by atoms with van der Waals surface area (Å²) in [5.74, 6) is 0. The molecule has 21 heavy (non-hydrogen) atoms. The molecular weight excluding hydrogens is 294 g/mol. The van der Waals surface area contributed by atoms with Gasteiger partial charge in [0.15, 0.2) is 0 Å². The Morgan fingerprint density at radius 2 is 2.05 bits per heavy atom. The summed E-state index contributed by atoms with van der Waals surface area (Å²) in [6, 6.07) is 3.70. The van der Waals surface area contributed by atoms with E-state index in [1.165, 1.54) is 18.2 Å². The predicted octanol–water partition coefficient (Wildman–Crippen LogP) is 2.10. The lowest BCUT2D eigenvalue weighted by Gasteiger charge is -2.10. The Morgan fingerprint density at radius 1 is 1.43 bits per heavy atom.